The first-order valence-corrected chi connectivity index (χ1v) is 19.9. The number of carboxylic acids is 2. The summed E-state index contributed by atoms with van der Waals surface area (Å²) in [5.41, 5.74) is 0. The molecule has 0 saturated carbocycles. The van der Waals surface area contributed by atoms with Crippen molar-refractivity contribution >= 4 is 11.9 Å². The summed E-state index contributed by atoms with van der Waals surface area (Å²) in [7, 11) is 0. The molecule has 0 saturated heterocycles. The Balaban J connectivity index is -0.000000767. The molecule has 0 rings (SSSR count). The Labute approximate surface area is 292 Å². The number of carbonyl (C=O) groups is 2. The van der Waals surface area contributed by atoms with Crippen molar-refractivity contribution in [1.82, 2.24) is 0 Å². The minimum atomic E-state index is -0.902. The van der Waals surface area contributed by atoms with E-state index in [2.05, 4.69) is 13.8 Å². The van der Waals surface area contributed by atoms with Gasteiger partial charge in [0.05, 0.1) is 0 Å². The molecule has 0 aromatic rings. The van der Waals surface area contributed by atoms with Crippen LogP contribution >= 0.6 is 0 Å². The van der Waals surface area contributed by atoms with Crippen LogP contribution in [0.25, 0.3) is 0 Å². The largest absolute Gasteiger partial charge is 2.00 e. The summed E-state index contributed by atoms with van der Waals surface area (Å²) in [5.74, 6) is -1.80. The molecule has 0 bridgehead atoms. The molecular formula is C40H78FeO4. The first-order valence-electron chi connectivity index (χ1n) is 19.9. The molecule has 0 unspecified atom stereocenters. The smallest absolute Gasteiger partial charge is 0.550 e. The summed E-state index contributed by atoms with van der Waals surface area (Å²) in [6.07, 6.45) is 45.6. The molecule has 0 fully saturated rings. The fourth-order valence-corrected chi connectivity index (χ4v) is 5.99. The average Bonchev–Trinajstić information content (AvgIpc) is 3.00. The maximum absolute atomic E-state index is 10.2. The van der Waals surface area contributed by atoms with Gasteiger partial charge in [0, 0.05) is 11.9 Å². The summed E-state index contributed by atoms with van der Waals surface area (Å²) < 4.78 is 0. The zero-order valence-electron chi connectivity index (χ0n) is 30.4. The second-order valence-corrected chi connectivity index (χ2v) is 13.6. The van der Waals surface area contributed by atoms with Gasteiger partial charge in [0.2, 0.25) is 0 Å². The Bertz CT molecular complexity index is 506. The number of aliphatic carboxylic acids is 2. The van der Waals surface area contributed by atoms with E-state index in [-0.39, 0.29) is 29.9 Å². The molecule has 0 aliphatic rings. The number of rotatable bonds is 36. The molecule has 0 aromatic heterocycles. The maximum Gasteiger partial charge on any atom is 2.00 e. The van der Waals surface area contributed by atoms with E-state index in [9.17, 15) is 19.8 Å². The van der Waals surface area contributed by atoms with Crippen LogP contribution < -0.4 is 10.2 Å². The molecule has 45 heavy (non-hydrogen) atoms. The van der Waals surface area contributed by atoms with Crippen LogP contribution in [-0.4, -0.2) is 11.9 Å². The number of carboxylic acid groups (broad SMARTS) is 2. The van der Waals surface area contributed by atoms with Crippen LogP contribution in [0.5, 0.6) is 0 Å². The van der Waals surface area contributed by atoms with Crippen molar-refractivity contribution in [2.24, 2.45) is 0 Å². The molecule has 270 valence electrons. The maximum atomic E-state index is 10.2. The topological polar surface area (TPSA) is 80.3 Å². The summed E-state index contributed by atoms with van der Waals surface area (Å²) in [6, 6.07) is 0. The van der Waals surface area contributed by atoms with Gasteiger partial charge in [0.1, 0.15) is 0 Å². The van der Waals surface area contributed by atoms with Gasteiger partial charge < -0.3 is 19.8 Å². The SMILES string of the molecule is CCCCCCCCCCCCCCCCCCCC(=O)[O-].CCCCCCCCCCCCCCCCCCCC(=O)[O-].[Fe+2]. The molecule has 0 heterocycles. The van der Waals surface area contributed by atoms with Crippen molar-refractivity contribution in [1.29, 1.82) is 0 Å². The van der Waals surface area contributed by atoms with Crippen LogP contribution in [0.1, 0.15) is 245 Å². The Morgan fingerprint density at radius 3 is 0.556 bits per heavy atom. The third-order valence-electron chi connectivity index (χ3n) is 8.97. The average molecular weight is 679 g/mol. The fourth-order valence-electron chi connectivity index (χ4n) is 5.99. The van der Waals surface area contributed by atoms with Gasteiger partial charge in [0.15, 0.2) is 0 Å². The quantitative estimate of drug-likeness (QED) is 0.0488. The number of carbonyl (C=O) groups excluding carboxylic acids is 2. The third kappa shape index (κ3) is 53.2. The van der Waals surface area contributed by atoms with E-state index in [1.807, 2.05) is 0 Å². The van der Waals surface area contributed by atoms with Gasteiger partial charge in [-0.1, -0.05) is 219 Å². The van der Waals surface area contributed by atoms with Gasteiger partial charge in [-0.2, -0.15) is 0 Å². The van der Waals surface area contributed by atoms with Gasteiger partial charge in [0.25, 0.3) is 0 Å². The van der Waals surface area contributed by atoms with Gasteiger partial charge >= 0.3 is 17.1 Å². The second kappa shape index (κ2) is 45.6. The van der Waals surface area contributed by atoms with Gasteiger partial charge in [-0.25, -0.2) is 0 Å². The van der Waals surface area contributed by atoms with Crippen molar-refractivity contribution in [3.63, 3.8) is 0 Å². The Morgan fingerprint density at radius 1 is 0.289 bits per heavy atom. The van der Waals surface area contributed by atoms with Gasteiger partial charge in [-0.05, 0) is 25.7 Å². The molecule has 0 atom stereocenters. The summed E-state index contributed by atoms with van der Waals surface area (Å²) in [6.45, 7) is 4.55. The Morgan fingerprint density at radius 2 is 0.422 bits per heavy atom. The van der Waals surface area contributed by atoms with Crippen LogP contribution in [0.15, 0.2) is 0 Å². The van der Waals surface area contributed by atoms with Crippen LogP contribution in [0.2, 0.25) is 0 Å². The van der Waals surface area contributed by atoms with E-state index in [4.69, 9.17) is 0 Å². The third-order valence-corrected chi connectivity index (χ3v) is 8.97. The van der Waals surface area contributed by atoms with Crippen molar-refractivity contribution in [2.45, 2.75) is 245 Å². The first-order chi connectivity index (χ1) is 21.5. The van der Waals surface area contributed by atoms with Crippen molar-refractivity contribution in [3.05, 3.63) is 0 Å². The number of hydrogen-bond donors (Lipinski definition) is 0. The molecule has 0 N–H and O–H groups in total. The van der Waals surface area contributed by atoms with Crippen LogP contribution in [-0.2, 0) is 26.7 Å². The van der Waals surface area contributed by atoms with E-state index < -0.39 is 11.9 Å². The standard InChI is InChI=1S/2C20H40O2.Fe/c2*1-2-3-4-5-6-7-8-9-10-11-12-13-14-15-16-17-18-19-20(21)22;/h2*2-19H2,1H3,(H,21,22);/q;;+2/p-2. The molecule has 0 aliphatic carbocycles. The normalized spacial score (nSPS) is 10.7. The predicted molar refractivity (Wildman–Crippen MR) is 188 cm³/mol. The molecule has 0 radical (unpaired) electrons. The van der Waals surface area contributed by atoms with Crippen molar-refractivity contribution < 1.29 is 36.9 Å². The van der Waals surface area contributed by atoms with Crippen molar-refractivity contribution in [2.75, 3.05) is 0 Å². The van der Waals surface area contributed by atoms with E-state index in [1.54, 1.807) is 0 Å². The fraction of sp³-hybridized carbons (Fsp3) is 0.950. The molecule has 0 aliphatic heterocycles. The molecule has 0 spiro atoms. The minimum Gasteiger partial charge on any atom is -0.550 e. The summed E-state index contributed by atoms with van der Waals surface area (Å²) in [4.78, 5) is 20.5. The van der Waals surface area contributed by atoms with Crippen LogP contribution in [0.4, 0.5) is 0 Å². The zero-order valence-corrected chi connectivity index (χ0v) is 31.5. The van der Waals surface area contributed by atoms with Crippen molar-refractivity contribution in [3.8, 4) is 0 Å². The zero-order chi connectivity index (χ0) is 32.6. The van der Waals surface area contributed by atoms with Gasteiger partial charge in [-0.15, -0.1) is 0 Å². The van der Waals surface area contributed by atoms with E-state index in [1.165, 1.54) is 193 Å². The van der Waals surface area contributed by atoms with Crippen LogP contribution in [0.3, 0.4) is 0 Å². The molecule has 5 heteroatoms. The number of hydrogen-bond acceptors (Lipinski definition) is 4. The second-order valence-electron chi connectivity index (χ2n) is 13.6. The first kappa shape index (κ1) is 48.9. The molecule has 0 aromatic carbocycles. The Kier molecular flexibility index (Phi) is 49.5. The summed E-state index contributed by atoms with van der Waals surface area (Å²) >= 11 is 0. The summed E-state index contributed by atoms with van der Waals surface area (Å²) in [5, 5.41) is 20.5. The van der Waals surface area contributed by atoms with E-state index in [0.29, 0.717) is 0 Å². The molecular weight excluding hydrogens is 600 g/mol. The van der Waals surface area contributed by atoms with E-state index >= 15 is 0 Å². The number of unbranched alkanes of at least 4 members (excludes halogenated alkanes) is 32. The Hall–Kier alpha value is -0.541. The molecule has 4 nitrogen and oxygen atoms in total. The monoisotopic (exact) mass is 679 g/mol. The minimum absolute atomic E-state index is 0. The van der Waals surface area contributed by atoms with Gasteiger partial charge in [-0.3, -0.25) is 0 Å². The molecule has 0 amide bonds. The predicted octanol–water partition coefficient (Wildman–Crippen LogP) is 11.6. The van der Waals surface area contributed by atoms with Crippen LogP contribution in [0, 0.1) is 0 Å². The van der Waals surface area contributed by atoms with E-state index in [0.717, 1.165) is 25.7 Å².